The van der Waals surface area contributed by atoms with E-state index in [-0.39, 0.29) is 30.2 Å². The van der Waals surface area contributed by atoms with Crippen molar-refractivity contribution in [3.8, 4) is 0 Å². The normalized spacial score (nSPS) is 13.1. The number of carbonyl (C=O) groups excluding carboxylic acids is 1. The molecule has 2 rings (SSSR count). The smallest absolute Gasteiger partial charge is 0.319 e. The van der Waals surface area contributed by atoms with Crippen LogP contribution in [0.25, 0.3) is 0 Å². The number of aliphatic hydroxyl groups is 1. The molecule has 2 amide bonds. The van der Waals surface area contributed by atoms with Crippen molar-refractivity contribution in [2.45, 2.75) is 26.4 Å². The van der Waals surface area contributed by atoms with Gasteiger partial charge in [0, 0.05) is 30.6 Å². The van der Waals surface area contributed by atoms with Gasteiger partial charge in [0.2, 0.25) is 0 Å². The summed E-state index contributed by atoms with van der Waals surface area (Å²) in [5.74, 6) is -0.0213. The van der Waals surface area contributed by atoms with E-state index in [0.717, 1.165) is 5.56 Å². The molecular weight excluding hydrogens is 306 g/mol. The highest BCUT2D eigenvalue weighted by Gasteiger charge is 2.13. The second kappa shape index (κ2) is 8.31. The molecule has 0 aliphatic carbocycles. The van der Waals surface area contributed by atoms with Gasteiger partial charge in [-0.3, -0.25) is 4.79 Å². The Labute approximate surface area is 141 Å². The molecule has 1 aromatic carbocycles. The number of hydrogen-bond acceptors (Lipinski definition) is 3. The van der Waals surface area contributed by atoms with Crippen LogP contribution in [0.15, 0.2) is 53.5 Å². The number of hydrogen-bond donors (Lipinski definition) is 3. The first kappa shape index (κ1) is 17.7. The minimum absolute atomic E-state index is 0.0166. The van der Waals surface area contributed by atoms with Crippen molar-refractivity contribution >= 4 is 11.7 Å². The van der Waals surface area contributed by atoms with Crippen LogP contribution in [0.5, 0.6) is 0 Å². The van der Waals surface area contributed by atoms with Crippen molar-refractivity contribution in [3.05, 3.63) is 64.6 Å². The molecule has 128 valence electrons. The zero-order valence-electron chi connectivity index (χ0n) is 13.9. The van der Waals surface area contributed by atoms with Crippen molar-refractivity contribution in [2.24, 2.45) is 5.92 Å². The molecule has 3 N–H and O–H groups in total. The van der Waals surface area contributed by atoms with Crippen LogP contribution in [-0.4, -0.2) is 28.4 Å². The van der Waals surface area contributed by atoms with Crippen LogP contribution in [0, 0.1) is 5.92 Å². The number of pyridine rings is 1. The highest BCUT2D eigenvalue weighted by molar-refractivity contribution is 5.89. The van der Waals surface area contributed by atoms with Gasteiger partial charge < -0.3 is 20.3 Å². The van der Waals surface area contributed by atoms with Gasteiger partial charge in [-0.15, -0.1) is 0 Å². The first-order valence-corrected chi connectivity index (χ1v) is 7.92. The lowest BCUT2D eigenvalue weighted by Crippen LogP contribution is -2.40. The number of amides is 2. The fraction of sp³-hybridized carbons (Fsp3) is 0.333. The van der Waals surface area contributed by atoms with Crippen molar-refractivity contribution in [1.29, 1.82) is 0 Å². The third-order valence-electron chi connectivity index (χ3n) is 3.94. The maximum absolute atomic E-state index is 12.0. The molecule has 1 aromatic heterocycles. The summed E-state index contributed by atoms with van der Waals surface area (Å²) in [7, 11) is 0. The quantitative estimate of drug-likeness (QED) is 0.758. The van der Waals surface area contributed by atoms with Gasteiger partial charge in [-0.1, -0.05) is 25.1 Å². The second-order valence-electron chi connectivity index (χ2n) is 5.91. The molecule has 0 saturated carbocycles. The maximum atomic E-state index is 12.0. The minimum Gasteiger partial charge on any atom is -0.396 e. The standard InChI is InChI=1S/C18H23N3O3/c1-13(12-22)14(2)19-18(24)20-16-7-5-6-15(10-16)11-21-9-4-3-8-17(21)23/h3-10,13-14,22H,11-12H2,1-2H3,(H2,19,20,24)/t13-,14+/m0/s1. The average molecular weight is 329 g/mol. The molecule has 6 heteroatoms. The summed E-state index contributed by atoms with van der Waals surface area (Å²) in [6.07, 6.45) is 1.73. The highest BCUT2D eigenvalue weighted by Crippen LogP contribution is 2.12. The van der Waals surface area contributed by atoms with E-state index in [1.165, 1.54) is 6.07 Å². The number of nitrogens with one attached hydrogen (secondary N) is 2. The Balaban J connectivity index is 2.01. The van der Waals surface area contributed by atoms with Gasteiger partial charge in [0.25, 0.3) is 5.56 Å². The third-order valence-corrected chi connectivity index (χ3v) is 3.94. The number of anilines is 1. The summed E-state index contributed by atoms with van der Waals surface area (Å²) in [5.41, 5.74) is 1.50. The van der Waals surface area contributed by atoms with Crippen LogP contribution in [-0.2, 0) is 6.54 Å². The topological polar surface area (TPSA) is 83.4 Å². The molecule has 6 nitrogen and oxygen atoms in total. The van der Waals surface area contributed by atoms with Crippen LogP contribution >= 0.6 is 0 Å². The van der Waals surface area contributed by atoms with E-state index >= 15 is 0 Å². The van der Waals surface area contributed by atoms with E-state index in [4.69, 9.17) is 5.11 Å². The Bertz CT molecular complexity index is 742. The zero-order chi connectivity index (χ0) is 17.5. The second-order valence-corrected chi connectivity index (χ2v) is 5.91. The fourth-order valence-electron chi connectivity index (χ4n) is 2.21. The van der Waals surface area contributed by atoms with Gasteiger partial charge in [-0.05, 0) is 36.6 Å². The van der Waals surface area contributed by atoms with Crippen LogP contribution in [0.1, 0.15) is 19.4 Å². The van der Waals surface area contributed by atoms with Crippen LogP contribution in [0.2, 0.25) is 0 Å². The molecule has 0 spiro atoms. The third kappa shape index (κ3) is 4.96. The molecular formula is C18H23N3O3. The summed E-state index contributed by atoms with van der Waals surface area (Å²) in [6.45, 7) is 4.17. The van der Waals surface area contributed by atoms with Crippen molar-refractivity contribution < 1.29 is 9.90 Å². The monoisotopic (exact) mass is 329 g/mol. The van der Waals surface area contributed by atoms with E-state index in [9.17, 15) is 9.59 Å². The number of carbonyl (C=O) groups is 1. The Hall–Kier alpha value is -2.60. The van der Waals surface area contributed by atoms with E-state index in [0.29, 0.717) is 12.2 Å². The molecule has 0 saturated heterocycles. The van der Waals surface area contributed by atoms with Crippen LogP contribution in [0.4, 0.5) is 10.5 Å². The minimum atomic E-state index is -0.322. The molecule has 0 radical (unpaired) electrons. The Morgan fingerprint density at radius 2 is 2.00 bits per heavy atom. The lowest BCUT2D eigenvalue weighted by atomic mass is 10.1. The summed E-state index contributed by atoms with van der Waals surface area (Å²) < 4.78 is 1.60. The van der Waals surface area contributed by atoms with E-state index < -0.39 is 0 Å². The summed E-state index contributed by atoms with van der Waals surface area (Å²) >= 11 is 0. The molecule has 0 aliphatic heterocycles. The lowest BCUT2D eigenvalue weighted by molar-refractivity contribution is 0.204. The number of aliphatic hydroxyl groups excluding tert-OH is 1. The van der Waals surface area contributed by atoms with E-state index in [1.807, 2.05) is 32.0 Å². The number of urea groups is 1. The summed E-state index contributed by atoms with van der Waals surface area (Å²) in [6, 6.07) is 11.9. The molecule has 0 bridgehead atoms. The Kier molecular flexibility index (Phi) is 6.14. The largest absolute Gasteiger partial charge is 0.396 e. The van der Waals surface area contributed by atoms with Crippen molar-refractivity contribution in [1.82, 2.24) is 9.88 Å². The molecule has 2 aromatic rings. The van der Waals surface area contributed by atoms with Gasteiger partial charge in [0.05, 0.1) is 6.54 Å². The number of aromatic nitrogens is 1. The van der Waals surface area contributed by atoms with Gasteiger partial charge in [-0.25, -0.2) is 4.79 Å². The molecule has 0 fully saturated rings. The summed E-state index contributed by atoms with van der Waals surface area (Å²) in [4.78, 5) is 23.8. The average Bonchev–Trinajstić information content (AvgIpc) is 2.56. The van der Waals surface area contributed by atoms with Crippen molar-refractivity contribution in [2.75, 3.05) is 11.9 Å². The fourth-order valence-corrected chi connectivity index (χ4v) is 2.21. The van der Waals surface area contributed by atoms with E-state index in [1.54, 1.807) is 29.0 Å². The van der Waals surface area contributed by atoms with Crippen LogP contribution in [0.3, 0.4) is 0 Å². The molecule has 2 atom stereocenters. The van der Waals surface area contributed by atoms with Gasteiger partial charge in [0.15, 0.2) is 0 Å². The molecule has 1 heterocycles. The summed E-state index contributed by atoms with van der Waals surface area (Å²) in [5, 5.41) is 14.7. The first-order valence-electron chi connectivity index (χ1n) is 7.92. The predicted molar refractivity (Wildman–Crippen MR) is 94.1 cm³/mol. The van der Waals surface area contributed by atoms with Crippen molar-refractivity contribution in [3.63, 3.8) is 0 Å². The van der Waals surface area contributed by atoms with Gasteiger partial charge in [-0.2, -0.15) is 0 Å². The number of nitrogens with zero attached hydrogens (tertiary/aromatic N) is 1. The Morgan fingerprint density at radius 1 is 1.21 bits per heavy atom. The van der Waals surface area contributed by atoms with Gasteiger partial charge >= 0.3 is 6.03 Å². The molecule has 24 heavy (non-hydrogen) atoms. The number of benzene rings is 1. The first-order chi connectivity index (χ1) is 11.5. The van der Waals surface area contributed by atoms with Crippen LogP contribution < -0.4 is 16.2 Å². The Morgan fingerprint density at radius 3 is 2.71 bits per heavy atom. The maximum Gasteiger partial charge on any atom is 0.319 e. The lowest BCUT2D eigenvalue weighted by Gasteiger charge is -2.19. The molecule has 0 aliphatic rings. The van der Waals surface area contributed by atoms with E-state index in [2.05, 4.69) is 10.6 Å². The SMILES string of the molecule is C[C@@H](CO)[C@@H](C)NC(=O)Nc1cccc(Cn2ccccc2=O)c1. The van der Waals surface area contributed by atoms with Gasteiger partial charge in [0.1, 0.15) is 0 Å². The molecule has 0 unspecified atom stereocenters. The predicted octanol–water partition coefficient (Wildman–Crippen LogP) is 2.04. The number of rotatable bonds is 6. The zero-order valence-corrected chi connectivity index (χ0v) is 13.9. The highest BCUT2D eigenvalue weighted by atomic mass is 16.3.